The molecule has 2 aromatic rings. The normalized spacial score (nSPS) is 21.4. The van der Waals surface area contributed by atoms with Gasteiger partial charge < -0.3 is 10.1 Å². The number of ether oxygens (including phenoxy) is 1. The van der Waals surface area contributed by atoms with Gasteiger partial charge in [-0.15, -0.1) is 0 Å². The highest BCUT2D eigenvalue weighted by Crippen LogP contribution is 2.30. The Balaban J connectivity index is 1.72. The van der Waals surface area contributed by atoms with Crippen LogP contribution >= 0.6 is 11.6 Å². The molecule has 0 saturated carbocycles. The Morgan fingerprint density at radius 3 is 2.86 bits per heavy atom. The molecule has 0 aliphatic carbocycles. The molecule has 110 valence electrons. The van der Waals surface area contributed by atoms with Gasteiger partial charge in [0.1, 0.15) is 6.10 Å². The Morgan fingerprint density at radius 1 is 1.43 bits per heavy atom. The molecule has 1 N–H and O–H groups in total. The number of rotatable bonds is 3. The summed E-state index contributed by atoms with van der Waals surface area (Å²) >= 11 is 5.90. The summed E-state index contributed by atoms with van der Waals surface area (Å²) in [6.45, 7) is 0.630. The number of carbonyl (C=O) groups excluding carboxylic acids is 1. The van der Waals surface area contributed by atoms with E-state index in [2.05, 4.69) is 10.4 Å². The fourth-order valence-electron chi connectivity index (χ4n) is 2.51. The summed E-state index contributed by atoms with van der Waals surface area (Å²) in [5.74, 6) is -0.127. The minimum atomic E-state index is -0.136. The van der Waals surface area contributed by atoms with Crippen molar-refractivity contribution in [1.82, 2.24) is 15.1 Å². The number of benzene rings is 1. The van der Waals surface area contributed by atoms with Crippen LogP contribution in [0, 0.1) is 0 Å². The Morgan fingerprint density at radius 2 is 2.19 bits per heavy atom. The second-order valence-corrected chi connectivity index (χ2v) is 5.55. The van der Waals surface area contributed by atoms with Crippen LogP contribution in [0.3, 0.4) is 0 Å². The molecule has 0 spiro atoms. The van der Waals surface area contributed by atoms with Crippen LogP contribution in [-0.2, 0) is 11.8 Å². The number of amides is 1. The van der Waals surface area contributed by atoms with Gasteiger partial charge in [0, 0.05) is 24.9 Å². The highest BCUT2D eigenvalue weighted by molar-refractivity contribution is 6.30. The van der Waals surface area contributed by atoms with Crippen molar-refractivity contribution >= 4 is 17.5 Å². The van der Waals surface area contributed by atoms with Crippen molar-refractivity contribution in [3.63, 3.8) is 0 Å². The summed E-state index contributed by atoms with van der Waals surface area (Å²) in [4.78, 5) is 12.2. The molecule has 6 heteroatoms. The Kier molecular flexibility index (Phi) is 3.94. The fraction of sp³-hybridized carbons (Fsp3) is 0.333. The number of aromatic nitrogens is 2. The maximum atomic E-state index is 12.2. The topological polar surface area (TPSA) is 56.2 Å². The molecule has 0 bridgehead atoms. The molecule has 1 aliphatic rings. The summed E-state index contributed by atoms with van der Waals surface area (Å²) in [7, 11) is 1.78. The second kappa shape index (κ2) is 5.87. The molecule has 21 heavy (non-hydrogen) atoms. The van der Waals surface area contributed by atoms with Crippen molar-refractivity contribution in [1.29, 1.82) is 0 Å². The lowest BCUT2D eigenvalue weighted by molar-refractivity contribution is 0.0821. The predicted octanol–water partition coefficient (Wildman–Crippen LogP) is 2.33. The largest absolute Gasteiger partial charge is 0.371 e. The molecule has 1 amide bonds. The maximum absolute atomic E-state index is 12.2. The number of nitrogens with one attached hydrogen (secondary N) is 1. The van der Waals surface area contributed by atoms with E-state index in [0.29, 0.717) is 17.2 Å². The van der Waals surface area contributed by atoms with E-state index in [1.807, 2.05) is 24.3 Å². The Bertz CT molecular complexity index is 639. The lowest BCUT2D eigenvalue weighted by atomic mass is 10.0. The van der Waals surface area contributed by atoms with Gasteiger partial charge in [0.15, 0.2) is 0 Å². The van der Waals surface area contributed by atoms with Crippen LogP contribution in [0.5, 0.6) is 0 Å². The number of carbonyl (C=O) groups is 1. The first-order chi connectivity index (χ1) is 10.1. The highest BCUT2D eigenvalue weighted by atomic mass is 35.5. The van der Waals surface area contributed by atoms with Gasteiger partial charge in [0.05, 0.1) is 17.8 Å². The number of hydrogen-bond acceptors (Lipinski definition) is 3. The smallest absolute Gasteiger partial charge is 0.254 e. The van der Waals surface area contributed by atoms with Crippen LogP contribution in [0.25, 0.3) is 0 Å². The number of aryl methyl sites for hydroxylation is 1. The third-order valence-electron chi connectivity index (χ3n) is 3.57. The number of nitrogens with zero attached hydrogens (tertiary/aromatic N) is 2. The second-order valence-electron chi connectivity index (χ2n) is 5.11. The molecule has 0 unspecified atom stereocenters. The van der Waals surface area contributed by atoms with E-state index >= 15 is 0 Å². The molecule has 1 saturated heterocycles. The van der Waals surface area contributed by atoms with Gasteiger partial charge in [0.2, 0.25) is 0 Å². The van der Waals surface area contributed by atoms with Crippen molar-refractivity contribution in [3.05, 3.63) is 52.8 Å². The van der Waals surface area contributed by atoms with Crippen LogP contribution in [0.1, 0.15) is 28.4 Å². The number of halogens is 1. The van der Waals surface area contributed by atoms with Crippen LogP contribution in [0.4, 0.5) is 0 Å². The van der Waals surface area contributed by atoms with E-state index in [9.17, 15) is 4.79 Å². The van der Waals surface area contributed by atoms with Gasteiger partial charge in [-0.25, -0.2) is 0 Å². The van der Waals surface area contributed by atoms with Crippen LogP contribution in [-0.4, -0.2) is 28.3 Å². The van der Waals surface area contributed by atoms with Crippen LogP contribution < -0.4 is 5.32 Å². The van der Waals surface area contributed by atoms with Crippen molar-refractivity contribution in [2.45, 2.75) is 18.6 Å². The molecule has 1 aromatic carbocycles. The summed E-state index contributed by atoms with van der Waals surface area (Å²) in [6, 6.07) is 7.49. The van der Waals surface area contributed by atoms with Crippen molar-refractivity contribution in [2.24, 2.45) is 7.05 Å². The van der Waals surface area contributed by atoms with Crippen molar-refractivity contribution in [3.8, 4) is 0 Å². The summed E-state index contributed by atoms with van der Waals surface area (Å²) < 4.78 is 7.36. The molecule has 2 heterocycles. The van der Waals surface area contributed by atoms with Gasteiger partial charge in [0.25, 0.3) is 5.91 Å². The maximum Gasteiger partial charge on any atom is 0.254 e. The first-order valence-electron chi connectivity index (χ1n) is 6.80. The standard InChI is InChI=1S/C15H16ClN3O2/c1-19-9-11(8-17-19)15(20)18-13-6-7-21-14(13)10-2-4-12(16)5-3-10/h2-5,8-9,13-14H,6-7H2,1H3,(H,18,20)/t13-,14-/m1/s1. The summed E-state index contributed by atoms with van der Waals surface area (Å²) in [5.41, 5.74) is 1.58. The molecule has 5 nitrogen and oxygen atoms in total. The van der Waals surface area contributed by atoms with E-state index in [1.54, 1.807) is 24.1 Å². The minimum Gasteiger partial charge on any atom is -0.371 e. The third-order valence-corrected chi connectivity index (χ3v) is 3.83. The molecular weight excluding hydrogens is 290 g/mol. The lowest BCUT2D eigenvalue weighted by Gasteiger charge is -2.20. The van der Waals surface area contributed by atoms with E-state index in [-0.39, 0.29) is 18.1 Å². The fourth-order valence-corrected chi connectivity index (χ4v) is 2.63. The van der Waals surface area contributed by atoms with Gasteiger partial charge in [-0.1, -0.05) is 23.7 Å². The van der Waals surface area contributed by atoms with Gasteiger partial charge in [-0.3, -0.25) is 9.48 Å². The lowest BCUT2D eigenvalue weighted by Crippen LogP contribution is -2.36. The first kappa shape index (κ1) is 14.1. The molecule has 1 aromatic heterocycles. The average Bonchev–Trinajstić information content (AvgIpc) is 3.09. The number of hydrogen-bond donors (Lipinski definition) is 1. The molecular formula is C15H16ClN3O2. The van der Waals surface area contributed by atoms with E-state index in [1.165, 1.54) is 0 Å². The summed E-state index contributed by atoms with van der Waals surface area (Å²) in [6.07, 6.45) is 3.91. The highest BCUT2D eigenvalue weighted by Gasteiger charge is 2.31. The van der Waals surface area contributed by atoms with Crippen LogP contribution in [0.15, 0.2) is 36.7 Å². The molecule has 2 atom stereocenters. The zero-order chi connectivity index (χ0) is 14.8. The predicted molar refractivity (Wildman–Crippen MR) is 79.2 cm³/mol. The molecule has 1 aliphatic heterocycles. The van der Waals surface area contributed by atoms with Crippen LogP contribution in [0.2, 0.25) is 5.02 Å². The van der Waals surface area contributed by atoms with E-state index in [4.69, 9.17) is 16.3 Å². The van der Waals surface area contributed by atoms with Crippen molar-refractivity contribution < 1.29 is 9.53 Å². The Labute approximate surface area is 127 Å². The monoisotopic (exact) mass is 305 g/mol. The van der Waals surface area contributed by atoms with E-state index < -0.39 is 0 Å². The SMILES string of the molecule is Cn1cc(C(=O)N[C@@H]2CCO[C@@H]2c2ccc(Cl)cc2)cn1. The molecule has 3 rings (SSSR count). The zero-order valence-corrected chi connectivity index (χ0v) is 12.4. The van der Waals surface area contributed by atoms with Gasteiger partial charge in [-0.2, -0.15) is 5.10 Å². The van der Waals surface area contributed by atoms with E-state index in [0.717, 1.165) is 12.0 Å². The molecule has 0 radical (unpaired) electrons. The van der Waals surface area contributed by atoms with Gasteiger partial charge >= 0.3 is 0 Å². The van der Waals surface area contributed by atoms with Gasteiger partial charge in [-0.05, 0) is 24.1 Å². The molecule has 1 fully saturated rings. The van der Waals surface area contributed by atoms with Crippen molar-refractivity contribution in [2.75, 3.05) is 6.61 Å². The Hall–Kier alpha value is -1.85. The average molecular weight is 306 g/mol. The summed E-state index contributed by atoms with van der Waals surface area (Å²) in [5, 5.41) is 7.72. The third kappa shape index (κ3) is 3.09. The quantitative estimate of drug-likeness (QED) is 0.947. The minimum absolute atomic E-state index is 0.0427. The zero-order valence-electron chi connectivity index (χ0n) is 11.6. The first-order valence-corrected chi connectivity index (χ1v) is 7.18.